The number of halogens is 2. The van der Waals surface area contributed by atoms with Gasteiger partial charge >= 0.3 is 0 Å². The highest BCUT2D eigenvalue weighted by Crippen LogP contribution is 2.39. The molecule has 1 atom stereocenters. The lowest BCUT2D eigenvalue weighted by Gasteiger charge is -2.42. The molecule has 2 saturated heterocycles. The summed E-state index contributed by atoms with van der Waals surface area (Å²) in [6, 6.07) is 15.3. The van der Waals surface area contributed by atoms with E-state index in [1.54, 1.807) is 47.4 Å². The Morgan fingerprint density at radius 2 is 1.83 bits per heavy atom. The first-order valence-electron chi connectivity index (χ1n) is 11.2. The van der Waals surface area contributed by atoms with Crippen molar-refractivity contribution in [1.82, 2.24) is 15.2 Å². The Morgan fingerprint density at radius 1 is 1.06 bits per heavy atom. The molecule has 0 radical (unpaired) electrons. The molecule has 7 nitrogen and oxygen atoms in total. The second-order valence-corrected chi connectivity index (χ2v) is 9.90. The van der Waals surface area contributed by atoms with Gasteiger partial charge < -0.3 is 19.7 Å². The molecule has 2 aromatic carbocycles. The summed E-state index contributed by atoms with van der Waals surface area (Å²) in [5.41, 5.74) is 1.67. The maximum Gasteiger partial charge on any atom is 0.254 e. The molecule has 180 valence electrons. The van der Waals surface area contributed by atoms with Crippen LogP contribution in [0.25, 0.3) is 0 Å². The number of benzene rings is 2. The number of likely N-dealkylation sites (tertiary alicyclic amines) is 1. The zero-order valence-corrected chi connectivity index (χ0v) is 20.5. The number of hydrogen-bond acceptors (Lipinski definition) is 5. The summed E-state index contributed by atoms with van der Waals surface area (Å²) in [7, 11) is 0. The number of amides is 2. The quantitative estimate of drug-likeness (QED) is 0.533. The van der Waals surface area contributed by atoms with Gasteiger partial charge in [0.2, 0.25) is 5.88 Å². The first-order valence-corrected chi connectivity index (χ1v) is 11.9. The first-order chi connectivity index (χ1) is 16.8. The largest absolute Gasteiger partial charge is 0.439 e. The number of carbonyl (C=O) groups excluding carboxylic acids is 2. The molecular formula is C26H23Cl2N3O4. The molecule has 3 heterocycles. The van der Waals surface area contributed by atoms with Crippen LogP contribution in [0.3, 0.4) is 0 Å². The zero-order valence-electron chi connectivity index (χ0n) is 19.0. The van der Waals surface area contributed by atoms with Crippen molar-refractivity contribution in [3.8, 4) is 11.6 Å². The number of aromatic nitrogens is 1. The van der Waals surface area contributed by atoms with Crippen molar-refractivity contribution in [2.24, 2.45) is 5.41 Å². The van der Waals surface area contributed by atoms with E-state index in [1.807, 2.05) is 19.1 Å². The van der Waals surface area contributed by atoms with Crippen molar-refractivity contribution in [1.29, 1.82) is 0 Å². The Balaban J connectivity index is 1.26. The molecule has 35 heavy (non-hydrogen) atoms. The molecule has 1 aromatic heterocycles. The van der Waals surface area contributed by atoms with Gasteiger partial charge in [-0.05, 0) is 61.0 Å². The predicted octanol–water partition coefficient (Wildman–Crippen LogP) is 4.76. The summed E-state index contributed by atoms with van der Waals surface area (Å²) in [5.74, 6) is 0.639. The monoisotopic (exact) mass is 511 g/mol. The smallest absolute Gasteiger partial charge is 0.254 e. The number of pyridine rings is 1. The van der Waals surface area contributed by atoms with Gasteiger partial charge in [0, 0.05) is 41.5 Å². The maximum absolute atomic E-state index is 13.2. The first kappa shape index (κ1) is 23.6. The number of nitrogens with one attached hydrogen (secondary N) is 1. The van der Waals surface area contributed by atoms with E-state index in [4.69, 9.17) is 32.7 Å². The number of hydrogen-bond donors (Lipinski definition) is 1. The van der Waals surface area contributed by atoms with Crippen molar-refractivity contribution < 1.29 is 19.1 Å². The normalized spacial score (nSPS) is 18.3. The third kappa shape index (κ3) is 4.98. The Morgan fingerprint density at radius 3 is 2.46 bits per heavy atom. The number of ether oxygens (including phenoxy) is 2. The van der Waals surface area contributed by atoms with E-state index in [9.17, 15) is 9.59 Å². The lowest BCUT2D eigenvalue weighted by molar-refractivity contribution is -0.114. The Labute approximate surface area is 213 Å². The van der Waals surface area contributed by atoms with Gasteiger partial charge in [0.1, 0.15) is 5.75 Å². The van der Waals surface area contributed by atoms with Gasteiger partial charge in [-0.2, -0.15) is 0 Å². The van der Waals surface area contributed by atoms with Crippen LogP contribution >= 0.6 is 23.2 Å². The molecule has 0 saturated carbocycles. The molecule has 0 aliphatic carbocycles. The zero-order chi connectivity index (χ0) is 24.6. The molecule has 9 heteroatoms. The van der Waals surface area contributed by atoms with Crippen LogP contribution in [0.1, 0.15) is 26.3 Å². The SMILES string of the molecule is Cc1cc(Cl)cc(C(=O)N2CC(NC(=O)c3ccc(Oc4ccc(Cl)cn4)cc3)C3(COC3)C2)c1. The maximum atomic E-state index is 13.2. The van der Waals surface area contributed by atoms with Crippen molar-refractivity contribution in [3.63, 3.8) is 0 Å². The fourth-order valence-corrected chi connectivity index (χ4v) is 4.88. The van der Waals surface area contributed by atoms with Crippen molar-refractivity contribution in [2.45, 2.75) is 13.0 Å². The highest BCUT2D eigenvalue weighted by atomic mass is 35.5. The lowest BCUT2D eigenvalue weighted by atomic mass is 9.81. The summed E-state index contributed by atoms with van der Waals surface area (Å²) < 4.78 is 11.2. The summed E-state index contributed by atoms with van der Waals surface area (Å²) in [5, 5.41) is 4.16. The van der Waals surface area contributed by atoms with Crippen LogP contribution in [0, 0.1) is 12.3 Å². The predicted molar refractivity (Wildman–Crippen MR) is 132 cm³/mol. The topological polar surface area (TPSA) is 80.8 Å². The van der Waals surface area contributed by atoms with Gasteiger partial charge in [-0.1, -0.05) is 23.2 Å². The molecule has 0 bridgehead atoms. The minimum Gasteiger partial charge on any atom is -0.439 e. The van der Waals surface area contributed by atoms with Crippen LogP contribution in [0.15, 0.2) is 60.8 Å². The molecule has 2 aliphatic rings. The Kier molecular flexibility index (Phi) is 6.40. The molecular weight excluding hydrogens is 489 g/mol. The van der Waals surface area contributed by atoms with Gasteiger partial charge in [-0.3, -0.25) is 9.59 Å². The van der Waals surface area contributed by atoms with Crippen molar-refractivity contribution >= 4 is 35.0 Å². The molecule has 1 spiro atoms. The van der Waals surface area contributed by atoms with E-state index in [0.29, 0.717) is 59.1 Å². The second kappa shape index (κ2) is 9.49. The van der Waals surface area contributed by atoms with Crippen molar-refractivity contribution in [2.75, 3.05) is 26.3 Å². The van der Waals surface area contributed by atoms with Crippen molar-refractivity contribution in [3.05, 3.63) is 87.5 Å². The van der Waals surface area contributed by atoms with Crippen LogP contribution in [0.2, 0.25) is 10.0 Å². The van der Waals surface area contributed by atoms with E-state index in [1.165, 1.54) is 6.20 Å². The van der Waals surface area contributed by atoms with E-state index in [2.05, 4.69) is 10.3 Å². The summed E-state index contributed by atoms with van der Waals surface area (Å²) >= 11 is 12.0. The molecule has 5 rings (SSSR count). The molecule has 1 unspecified atom stereocenters. The van der Waals surface area contributed by atoms with Gasteiger partial charge in [0.15, 0.2) is 0 Å². The lowest BCUT2D eigenvalue weighted by Crippen LogP contribution is -2.57. The van der Waals surface area contributed by atoms with E-state index in [0.717, 1.165) is 5.56 Å². The molecule has 2 fully saturated rings. The van der Waals surface area contributed by atoms with Crippen LogP contribution in [-0.2, 0) is 4.74 Å². The molecule has 3 aromatic rings. The number of aryl methyl sites for hydroxylation is 1. The fourth-order valence-electron chi connectivity index (χ4n) is 4.48. The Hall–Kier alpha value is -3.13. The summed E-state index contributed by atoms with van der Waals surface area (Å²) in [6.07, 6.45) is 1.50. The van der Waals surface area contributed by atoms with Gasteiger partial charge in [0.25, 0.3) is 11.8 Å². The van der Waals surface area contributed by atoms with E-state index in [-0.39, 0.29) is 23.3 Å². The molecule has 2 amide bonds. The minimum absolute atomic E-state index is 0.101. The standard InChI is InChI=1S/C26H23Cl2N3O4/c1-16-8-18(10-20(28)9-16)25(33)31-12-22(26(13-31)14-34-15-26)30-24(32)17-2-5-21(6-3-17)35-23-7-4-19(27)11-29-23/h2-11,22H,12-15H2,1H3,(H,30,32). The average Bonchev–Trinajstić information content (AvgIpc) is 3.20. The van der Waals surface area contributed by atoms with Gasteiger partial charge in [-0.15, -0.1) is 0 Å². The summed E-state index contributed by atoms with van der Waals surface area (Å²) in [4.78, 5) is 32.1. The number of nitrogens with zero attached hydrogens (tertiary/aromatic N) is 2. The third-order valence-corrected chi connectivity index (χ3v) is 6.79. The third-order valence-electron chi connectivity index (χ3n) is 6.35. The van der Waals surface area contributed by atoms with Crippen LogP contribution < -0.4 is 10.1 Å². The molecule has 2 aliphatic heterocycles. The van der Waals surface area contributed by atoms with E-state index < -0.39 is 0 Å². The van der Waals surface area contributed by atoms with Gasteiger partial charge in [0.05, 0.1) is 29.7 Å². The molecule has 1 N–H and O–H groups in total. The van der Waals surface area contributed by atoms with Crippen LogP contribution in [0.5, 0.6) is 11.6 Å². The average molecular weight is 512 g/mol. The Bertz CT molecular complexity index is 1240. The summed E-state index contributed by atoms with van der Waals surface area (Å²) in [6.45, 7) is 3.82. The van der Waals surface area contributed by atoms with E-state index >= 15 is 0 Å². The highest BCUT2D eigenvalue weighted by molar-refractivity contribution is 6.31. The second-order valence-electron chi connectivity index (χ2n) is 9.03. The number of rotatable bonds is 5. The highest BCUT2D eigenvalue weighted by Gasteiger charge is 2.53. The van der Waals surface area contributed by atoms with Crippen LogP contribution in [-0.4, -0.2) is 54.0 Å². The fraction of sp³-hybridized carbons (Fsp3) is 0.269. The number of carbonyl (C=O) groups is 2. The van der Waals surface area contributed by atoms with Crippen LogP contribution in [0.4, 0.5) is 0 Å². The van der Waals surface area contributed by atoms with Gasteiger partial charge in [-0.25, -0.2) is 4.98 Å². The minimum atomic E-state index is -0.289.